The molecule has 2 rings (SSSR count). The summed E-state index contributed by atoms with van der Waals surface area (Å²) in [6.07, 6.45) is 1.01. The smallest absolute Gasteiger partial charge is 0.0574 e. The average molecular weight is 240 g/mol. The zero-order valence-corrected chi connectivity index (χ0v) is 11.0. The van der Waals surface area contributed by atoms with Gasteiger partial charge in [-0.3, -0.25) is 0 Å². The molecule has 94 valence electrons. The molecule has 0 spiro atoms. The third-order valence-electron chi connectivity index (χ3n) is 3.02. The molecule has 2 nitrogen and oxygen atoms in total. The summed E-state index contributed by atoms with van der Waals surface area (Å²) >= 11 is 0. The first kappa shape index (κ1) is 12.5. The minimum absolute atomic E-state index is 0.819. The minimum atomic E-state index is 0.819. The fraction of sp³-hybridized carbons (Fsp3) is 0.250. The Morgan fingerprint density at radius 3 is 2.50 bits per heavy atom. The largest absolute Gasteiger partial charge is 0.397 e. The predicted molar refractivity (Wildman–Crippen MR) is 79.0 cm³/mol. The van der Waals surface area contributed by atoms with Gasteiger partial charge >= 0.3 is 0 Å². The van der Waals surface area contributed by atoms with E-state index in [-0.39, 0.29) is 0 Å². The molecule has 0 unspecified atom stereocenters. The van der Waals surface area contributed by atoms with E-state index in [0.717, 1.165) is 24.3 Å². The van der Waals surface area contributed by atoms with Gasteiger partial charge in [0.25, 0.3) is 0 Å². The fourth-order valence-corrected chi connectivity index (χ4v) is 2.05. The Labute approximate surface area is 109 Å². The highest BCUT2D eigenvalue weighted by Gasteiger charge is 1.99. The molecule has 0 aliphatic rings. The summed E-state index contributed by atoms with van der Waals surface area (Å²) in [5.41, 5.74) is 11.7. The summed E-state index contributed by atoms with van der Waals surface area (Å²) in [5.74, 6) is 0. The number of rotatable bonds is 4. The number of hydrogen-bond donors (Lipinski definition) is 2. The molecular weight excluding hydrogens is 220 g/mol. The standard InChI is InChI=1S/C16H20N2/c1-12-4-3-5-14(10-12)8-9-18-16-7-6-13(2)11-15(16)17/h3-7,10-11,18H,8-9,17H2,1-2H3. The van der Waals surface area contributed by atoms with Crippen LogP contribution in [-0.4, -0.2) is 6.54 Å². The minimum Gasteiger partial charge on any atom is -0.397 e. The molecular formula is C16H20N2. The van der Waals surface area contributed by atoms with E-state index in [4.69, 9.17) is 5.73 Å². The van der Waals surface area contributed by atoms with E-state index >= 15 is 0 Å². The Balaban J connectivity index is 1.92. The number of benzene rings is 2. The van der Waals surface area contributed by atoms with Gasteiger partial charge in [-0.15, -0.1) is 0 Å². The second-order valence-corrected chi connectivity index (χ2v) is 4.76. The van der Waals surface area contributed by atoms with Crippen LogP contribution in [0.15, 0.2) is 42.5 Å². The van der Waals surface area contributed by atoms with Crippen LogP contribution in [0.4, 0.5) is 11.4 Å². The van der Waals surface area contributed by atoms with Crippen LogP contribution in [0.2, 0.25) is 0 Å². The molecule has 0 atom stereocenters. The van der Waals surface area contributed by atoms with Gasteiger partial charge in [-0.05, 0) is 43.5 Å². The van der Waals surface area contributed by atoms with Gasteiger partial charge < -0.3 is 11.1 Å². The Morgan fingerprint density at radius 2 is 1.78 bits per heavy atom. The normalized spacial score (nSPS) is 10.3. The zero-order valence-electron chi connectivity index (χ0n) is 11.0. The van der Waals surface area contributed by atoms with E-state index in [1.165, 1.54) is 16.7 Å². The van der Waals surface area contributed by atoms with Gasteiger partial charge in [0, 0.05) is 6.54 Å². The van der Waals surface area contributed by atoms with Gasteiger partial charge in [-0.2, -0.15) is 0 Å². The van der Waals surface area contributed by atoms with Gasteiger partial charge in [0.1, 0.15) is 0 Å². The summed E-state index contributed by atoms with van der Waals surface area (Å²) in [7, 11) is 0. The Kier molecular flexibility index (Phi) is 3.88. The van der Waals surface area contributed by atoms with Crippen LogP contribution in [-0.2, 0) is 6.42 Å². The van der Waals surface area contributed by atoms with Crippen molar-refractivity contribution in [2.75, 3.05) is 17.6 Å². The van der Waals surface area contributed by atoms with Crippen LogP contribution in [0.25, 0.3) is 0 Å². The first-order valence-electron chi connectivity index (χ1n) is 6.31. The third kappa shape index (κ3) is 3.27. The molecule has 0 aromatic heterocycles. The van der Waals surface area contributed by atoms with Crippen molar-refractivity contribution in [3.05, 3.63) is 59.2 Å². The molecule has 0 bridgehead atoms. The highest BCUT2D eigenvalue weighted by Crippen LogP contribution is 2.19. The lowest BCUT2D eigenvalue weighted by Crippen LogP contribution is -2.07. The molecule has 0 heterocycles. The Bertz CT molecular complexity index is 532. The summed E-state index contributed by atoms with van der Waals surface area (Å²) in [4.78, 5) is 0. The highest BCUT2D eigenvalue weighted by atomic mass is 14.9. The molecule has 2 aromatic rings. The topological polar surface area (TPSA) is 38.0 Å². The van der Waals surface area contributed by atoms with E-state index in [1.807, 2.05) is 19.1 Å². The average Bonchev–Trinajstić information content (AvgIpc) is 2.32. The molecule has 18 heavy (non-hydrogen) atoms. The number of nitrogens with one attached hydrogen (secondary N) is 1. The van der Waals surface area contributed by atoms with Crippen molar-refractivity contribution in [3.63, 3.8) is 0 Å². The van der Waals surface area contributed by atoms with E-state index in [2.05, 4.69) is 42.6 Å². The quantitative estimate of drug-likeness (QED) is 0.802. The number of anilines is 2. The highest BCUT2D eigenvalue weighted by molar-refractivity contribution is 5.66. The van der Waals surface area contributed by atoms with Gasteiger partial charge in [0.2, 0.25) is 0 Å². The summed E-state index contributed by atoms with van der Waals surface area (Å²) in [6.45, 7) is 5.07. The van der Waals surface area contributed by atoms with Crippen molar-refractivity contribution in [1.29, 1.82) is 0 Å². The molecule has 3 N–H and O–H groups in total. The molecule has 2 aromatic carbocycles. The number of nitrogen functional groups attached to an aromatic ring is 1. The van der Waals surface area contributed by atoms with E-state index < -0.39 is 0 Å². The molecule has 2 heteroatoms. The molecule has 0 fully saturated rings. The van der Waals surface area contributed by atoms with Gasteiger partial charge in [0.05, 0.1) is 11.4 Å². The lowest BCUT2D eigenvalue weighted by Gasteiger charge is -2.10. The van der Waals surface area contributed by atoms with Gasteiger partial charge in [-0.1, -0.05) is 35.9 Å². The lowest BCUT2D eigenvalue weighted by molar-refractivity contribution is 1.02. The van der Waals surface area contributed by atoms with Crippen LogP contribution in [0.5, 0.6) is 0 Å². The second kappa shape index (κ2) is 5.58. The predicted octanol–water partition coefficient (Wildman–Crippen LogP) is 3.54. The van der Waals surface area contributed by atoms with E-state index in [0.29, 0.717) is 0 Å². The zero-order chi connectivity index (χ0) is 13.0. The first-order valence-corrected chi connectivity index (χ1v) is 6.31. The molecule has 0 radical (unpaired) electrons. The molecule has 0 saturated carbocycles. The molecule has 0 amide bonds. The fourth-order valence-electron chi connectivity index (χ4n) is 2.05. The monoisotopic (exact) mass is 240 g/mol. The maximum absolute atomic E-state index is 5.96. The maximum atomic E-state index is 5.96. The number of nitrogens with two attached hydrogens (primary N) is 1. The number of hydrogen-bond acceptors (Lipinski definition) is 2. The number of aryl methyl sites for hydroxylation is 2. The maximum Gasteiger partial charge on any atom is 0.0574 e. The first-order chi connectivity index (χ1) is 8.65. The van der Waals surface area contributed by atoms with Crippen molar-refractivity contribution < 1.29 is 0 Å². The van der Waals surface area contributed by atoms with Crippen LogP contribution >= 0.6 is 0 Å². The summed E-state index contributed by atoms with van der Waals surface area (Å²) in [5, 5.41) is 3.38. The van der Waals surface area contributed by atoms with Gasteiger partial charge in [-0.25, -0.2) is 0 Å². The summed E-state index contributed by atoms with van der Waals surface area (Å²) in [6, 6.07) is 14.7. The van der Waals surface area contributed by atoms with Crippen molar-refractivity contribution in [2.45, 2.75) is 20.3 Å². The van der Waals surface area contributed by atoms with Crippen LogP contribution in [0, 0.1) is 13.8 Å². The molecule has 0 aliphatic heterocycles. The SMILES string of the molecule is Cc1cccc(CCNc2ccc(C)cc2N)c1. The van der Waals surface area contributed by atoms with Crippen LogP contribution < -0.4 is 11.1 Å². The molecule has 0 aliphatic carbocycles. The third-order valence-corrected chi connectivity index (χ3v) is 3.02. The Hall–Kier alpha value is -1.96. The lowest BCUT2D eigenvalue weighted by atomic mass is 10.1. The molecule has 0 saturated heterocycles. The second-order valence-electron chi connectivity index (χ2n) is 4.76. The van der Waals surface area contributed by atoms with Crippen LogP contribution in [0.1, 0.15) is 16.7 Å². The van der Waals surface area contributed by atoms with Gasteiger partial charge in [0.15, 0.2) is 0 Å². The van der Waals surface area contributed by atoms with Crippen LogP contribution in [0.3, 0.4) is 0 Å². The van der Waals surface area contributed by atoms with Crippen molar-refractivity contribution in [2.24, 2.45) is 0 Å². The van der Waals surface area contributed by atoms with Crippen molar-refractivity contribution in [1.82, 2.24) is 0 Å². The Morgan fingerprint density at radius 1 is 1.00 bits per heavy atom. The van der Waals surface area contributed by atoms with Crippen molar-refractivity contribution in [3.8, 4) is 0 Å². The van der Waals surface area contributed by atoms with Crippen molar-refractivity contribution >= 4 is 11.4 Å². The van der Waals surface area contributed by atoms with E-state index in [1.54, 1.807) is 0 Å². The summed E-state index contributed by atoms with van der Waals surface area (Å²) < 4.78 is 0. The van der Waals surface area contributed by atoms with E-state index in [9.17, 15) is 0 Å².